The first-order valence-corrected chi connectivity index (χ1v) is 10.4. The monoisotopic (exact) mass is 429 g/mol. The Hall–Kier alpha value is -2.50. The Bertz CT molecular complexity index is 1120. The van der Waals surface area contributed by atoms with E-state index in [0.717, 1.165) is 28.7 Å². The highest BCUT2D eigenvalue weighted by Gasteiger charge is 2.36. The zero-order valence-corrected chi connectivity index (χ0v) is 17.7. The van der Waals surface area contributed by atoms with E-state index in [0.29, 0.717) is 34.6 Å². The summed E-state index contributed by atoms with van der Waals surface area (Å²) in [6.45, 7) is 4.18. The number of allylic oxidation sites excluding steroid dienone is 1. The molecule has 150 valence electrons. The molecule has 1 aliphatic heterocycles. The summed E-state index contributed by atoms with van der Waals surface area (Å²) in [7, 11) is 0. The number of ether oxygens (including phenoxy) is 1. The molecule has 29 heavy (non-hydrogen) atoms. The van der Waals surface area contributed by atoms with Gasteiger partial charge in [0.15, 0.2) is 0 Å². The lowest BCUT2D eigenvalue weighted by atomic mass is 9.93. The van der Waals surface area contributed by atoms with E-state index in [4.69, 9.17) is 32.9 Å². The number of esters is 1. The first-order chi connectivity index (χ1) is 14.0. The maximum atomic E-state index is 13.1. The summed E-state index contributed by atoms with van der Waals surface area (Å²) in [5.41, 5.74) is 4.01. The molecular formula is C22H21Cl2N3O2. The number of imidazole rings is 1. The van der Waals surface area contributed by atoms with Gasteiger partial charge in [0.25, 0.3) is 0 Å². The van der Waals surface area contributed by atoms with Gasteiger partial charge >= 0.3 is 5.97 Å². The minimum Gasteiger partial charge on any atom is -0.463 e. The minimum absolute atomic E-state index is 0.299. The van der Waals surface area contributed by atoms with Gasteiger partial charge in [-0.05, 0) is 43.2 Å². The van der Waals surface area contributed by atoms with E-state index >= 15 is 0 Å². The van der Waals surface area contributed by atoms with Crippen molar-refractivity contribution in [2.45, 2.75) is 32.7 Å². The van der Waals surface area contributed by atoms with E-state index in [1.165, 1.54) is 0 Å². The topological polar surface area (TPSA) is 56.2 Å². The molecule has 0 spiro atoms. The zero-order valence-electron chi connectivity index (χ0n) is 16.2. The second-order valence-corrected chi connectivity index (χ2v) is 7.67. The van der Waals surface area contributed by atoms with Crippen molar-refractivity contribution in [3.05, 3.63) is 69.3 Å². The van der Waals surface area contributed by atoms with Crippen molar-refractivity contribution in [3.63, 3.8) is 0 Å². The summed E-state index contributed by atoms with van der Waals surface area (Å²) in [6.07, 6.45) is 1.58. The molecule has 0 fully saturated rings. The van der Waals surface area contributed by atoms with E-state index in [9.17, 15) is 4.79 Å². The number of para-hydroxylation sites is 2. The highest BCUT2D eigenvalue weighted by atomic mass is 35.5. The van der Waals surface area contributed by atoms with Gasteiger partial charge in [-0.2, -0.15) is 0 Å². The quantitative estimate of drug-likeness (QED) is 0.507. The summed E-state index contributed by atoms with van der Waals surface area (Å²) < 4.78 is 7.47. The van der Waals surface area contributed by atoms with E-state index in [1.807, 2.05) is 34.9 Å². The van der Waals surface area contributed by atoms with Crippen LogP contribution in [0, 0.1) is 0 Å². The predicted molar refractivity (Wildman–Crippen MR) is 117 cm³/mol. The first kappa shape index (κ1) is 19.8. The molecule has 0 saturated heterocycles. The van der Waals surface area contributed by atoms with Crippen LogP contribution in [0.2, 0.25) is 10.0 Å². The van der Waals surface area contributed by atoms with E-state index < -0.39 is 6.04 Å². The zero-order chi connectivity index (χ0) is 20.5. The molecule has 1 atom stereocenters. The number of nitrogens with zero attached hydrogens (tertiary/aromatic N) is 2. The number of aromatic nitrogens is 2. The van der Waals surface area contributed by atoms with Crippen LogP contribution < -0.4 is 5.32 Å². The fourth-order valence-electron chi connectivity index (χ4n) is 3.78. The highest BCUT2D eigenvalue weighted by molar-refractivity contribution is 6.42. The molecule has 4 rings (SSSR count). The Morgan fingerprint density at radius 2 is 1.97 bits per heavy atom. The molecule has 0 amide bonds. The van der Waals surface area contributed by atoms with Crippen LogP contribution in [0.25, 0.3) is 11.0 Å². The van der Waals surface area contributed by atoms with Crippen molar-refractivity contribution in [1.82, 2.24) is 9.55 Å². The van der Waals surface area contributed by atoms with Crippen LogP contribution in [-0.2, 0) is 9.53 Å². The second-order valence-electron chi connectivity index (χ2n) is 6.86. The molecule has 0 radical (unpaired) electrons. The van der Waals surface area contributed by atoms with Crippen molar-refractivity contribution in [3.8, 4) is 0 Å². The molecular weight excluding hydrogens is 409 g/mol. The molecule has 0 saturated carbocycles. The summed E-state index contributed by atoms with van der Waals surface area (Å²) in [5, 5.41) is 4.28. The van der Waals surface area contributed by atoms with Crippen LogP contribution in [0.3, 0.4) is 0 Å². The molecule has 7 heteroatoms. The third-order valence-electron chi connectivity index (χ3n) is 4.97. The standard InChI is InChI=1S/C22H21Cl2N3O2/c1-3-7-17-19(21(28)29-4-2)20(13-10-11-14(23)15(24)12-13)27-18-9-6-5-8-16(18)25-22(27)26-17/h5-6,8-12,20H,3-4,7H2,1-2H3,(H,25,26). The van der Waals surface area contributed by atoms with Gasteiger partial charge < -0.3 is 10.1 Å². The van der Waals surface area contributed by atoms with Gasteiger partial charge in [0.1, 0.15) is 0 Å². The molecule has 1 N–H and O–H groups in total. The average molecular weight is 430 g/mol. The van der Waals surface area contributed by atoms with E-state index in [2.05, 4.69) is 12.2 Å². The van der Waals surface area contributed by atoms with Crippen molar-refractivity contribution in [2.24, 2.45) is 0 Å². The van der Waals surface area contributed by atoms with E-state index in [1.54, 1.807) is 19.1 Å². The van der Waals surface area contributed by atoms with Crippen LogP contribution in [0.4, 0.5) is 5.95 Å². The number of anilines is 1. The van der Waals surface area contributed by atoms with Gasteiger partial charge in [-0.1, -0.05) is 54.7 Å². The highest BCUT2D eigenvalue weighted by Crippen LogP contribution is 2.41. The Balaban J connectivity index is 2.01. The smallest absolute Gasteiger partial charge is 0.338 e. The largest absolute Gasteiger partial charge is 0.463 e. The number of benzene rings is 2. The molecule has 1 aliphatic rings. The maximum Gasteiger partial charge on any atom is 0.338 e. The Morgan fingerprint density at radius 3 is 2.69 bits per heavy atom. The number of carbonyl (C=O) groups excluding carboxylic acids is 1. The summed E-state index contributed by atoms with van der Waals surface area (Å²) in [5.74, 6) is 0.349. The van der Waals surface area contributed by atoms with Crippen LogP contribution in [0.15, 0.2) is 53.7 Å². The van der Waals surface area contributed by atoms with Gasteiger partial charge in [0.2, 0.25) is 5.95 Å². The van der Waals surface area contributed by atoms with Gasteiger partial charge in [-0.15, -0.1) is 0 Å². The van der Waals surface area contributed by atoms with Crippen molar-refractivity contribution in [1.29, 1.82) is 0 Å². The number of rotatable bonds is 5. The van der Waals surface area contributed by atoms with Crippen molar-refractivity contribution < 1.29 is 9.53 Å². The summed E-state index contributed by atoms with van der Waals surface area (Å²) >= 11 is 12.5. The van der Waals surface area contributed by atoms with Crippen LogP contribution >= 0.6 is 23.2 Å². The third kappa shape index (κ3) is 3.49. The first-order valence-electron chi connectivity index (χ1n) is 9.64. The predicted octanol–water partition coefficient (Wildman–Crippen LogP) is 5.98. The average Bonchev–Trinajstić information content (AvgIpc) is 3.07. The lowest BCUT2D eigenvalue weighted by molar-refractivity contribution is -0.139. The fourth-order valence-corrected chi connectivity index (χ4v) is 4.09. The minimum atomic E-state index is -0.422. The lowest BCUT2D eigenvalue weighted by Gasteiger charge is -2.31. The normalized spacial score (nSPS) is 15.9. The van der Waals surface area contributed by atoms with Gasteiger partial charge in [-0.25, -0.2) is 9.78 Å². The third-order valence-corrected chi connectivity index (χ3v) is 5.71. The second kappa shape index (κ2) is 8.09. The van der Waals surface area contributed by atoms with Crippen molar-refractivity contribution in [2.75, 3.05) is 11.9 Å². The van der Waals surface area contributed by atoms with Gasteiger partial charge in [0.05, 0.1) is 39.3 Å². The molecule has 5 nitrogen and oxygen atoms in total. The number of hydrogen-bond acceptors (Lipinski definition) is 4. The summed E-state index contributed by atoms with van der Waals surface area (Å²) in [4.78, 5) is 17.8. The van der Waals surface area contributed by atoms with E-state index in [-0.39, 0.29) is 5.97 Å². The molecule has 0 aliphatic carbocycles. The Kier molecular flexibility index (Phi) is 5.52. The van der Waals surface area contributed by atoms with Crippen LogP contribution in [0.5, 0.6) is 0 Å². The molecule has 2 heterocycles. The number of nitrogens with one attached hydrogen (secondary N) is 1. The van der Waals surface area contributed by atoms with Crippen LogP contribution in [-0.4, -0.2) is 22.1 Å². The van der Waals surface area contributed by atoms with Crippen molar-refractivity contribution >= 4 is 46.2 Å². The van der Waals surface area contributed by atoms with Gasteiger partial charge in [-0.3, -0.25) is 4.57 Å². The lowest BCUT2D eigenvalue weighted by Crippen LogP contribution is -2.29. The number of fused-ring (bicyclic) bond motifs is 3. The fraction of sp³-hybridized carbons (Fsp3) is 0.273. The molecule has 1 aromatic heterocycles. The Morgan fingerprint density at radius 1 is 1.17 bits per heavy atom. The van der Waals surface area contributed by atoms with Gasteiger partial charge in [0, 0.05) is 5.70 Å². The van der Waals surface area contributed by atoms with Crippen LogP contribution in [0.1, 0.15) is 38.3 Å². The maximum absolute atomic E-state index is 13.1. The number of hydrogen-bond donors (Lipinski definition) is 1. The Labute approximate surface area is 179 Å². The molecule has 3 aromatic rings. The number of carbonyl (C=O) groups is 1. The SMILES string of the molecule is CCCC1=C(C(=O)OCC)C(c2ccc(Cl)c(Cl)c2)n2c(nc3ccccc32)N1. The number of halogens is 2. The molecule has 2 aromatic carbocycles. The summed E-state index contributed by atoms with van der Waals surface area (Å²) in [6, 6.07) is 12.9. The molecule has 0 bridgehead atoms. The molecule has 1 unspecified atom stereocenters.